The number of fused-ring (bicyclic) bond motifs is 1. The number of halogens is 1. The van der Waals surface area contributed by atoms with Gasteiger partial charge in [-0.2, -0.15) is 0 Å². The van der Waals surface area contributed by atoms with Gasteiger partial charge in [0.1, 0.15) is 5.75 Å². The van der Waals surface area contributed by atoms with E-state index in [0.717, 1.165) is 43.1 Å². The van der Waals surface area contributed by atoms with Crippen LogP contribution in [0.4, 0.5) is 11.4 Å². The molecular weight excluding hydrogens is 448 g/mol. The van der Waals surface area contributed by atoms with E-state index in [0.29, 0.717) is 29.4 Å². The van der Waals surface area contributed by atoms with Crippen molar-refractivity contribution in [3.8, 4) is 5.75 Å². The van der Waals surface area contributed by atoms with E-state index in [4.69, 9.17) is 16.3 Å². The zero-order valence-corrected chi connectivity index (χ0v) is 19.9. The third kappa shape index (κ3) is 4.65. The molecule has 1 fully saturated rings. The highest BCUT2D eigenvalue weighted by atomic mass is 35.5. The molecule has 0 radical (unpaired) electrons. The maximum absolute atomic E-state index is 13.3. The second-order valence-electron chi connectivity index (χ2n) is 8.54. The van der Waals surface area contributed by atoms with Crippen LogP contribution in [-0.4, -0.2) is 60.5 Å². The number of rotatable bonds is 5. The number of carbonyl (C=O) groups excluding carboxylic acids is 1. The van der Waals surface area contributed by atoms with Crippen LogP contribution in [0, 0.1) is 0 Å². The second kappa shape index (κ2) is 9.87. The van der Waals surface area contributed by atoms with Gasteiger partial charge in [0, 0.05) is 62.9 Å². The van der Waals surface area contributed by atoms with Crippen LogP contribution in [0.2, 0.25) is 5.02 Å². The number of anilines is 2. The molecule has 0 unspecified atom stereocenters. The minimum atomic E-state index is 0.0351. The number of hydrogen-bond donors (Lipinski definition) is 0. The van der Waals surface area contributed by atoms with Crippen molar-refractivity contribution in [3.63, 3.8) is 0 Å². The van der Waals surface area contributed by atoms with Crippen LogP contribution in [0.15, 0.2) is 67.0 Å². The first-order chi connectivity index (χ1) is 16.6. The number of nitrogens with zero attached hydrogens (tertiary/aromatic N) is 4. The van der Waals surface area contributed by atoms with E-state index in [1.54, 1.807) is 13.3 Å². The lowest BCUT2D eigenvalue weighted by molar-refractivity contribution is 0.0628. The fourth-order valence-electron chi connectivity index (χ4n) is 4.61. The predicted octanol–water partition coefficient (Wildman–Crippen LogP) is 4.87. The van der Waals surface area contributed by atoms with Gasteiger partial charge >= 0.3 is 0 Å². The number of hydrogen-bond acceptors (Lipinski definition) is 5. The molecule has 1 amide bonds. The quantitative estimate of drug-likeness (QED) is 0.528. The van der Waals surface area contributed by atoms with E-state index in [1.165, 1.54) is 5.56 Å². The van der Waals surface area contributed by atoms with Gasteiger partial charge in [0.15, 0.2) is 0 Å². The van der Waals surface area contributed by atoms with Gasteiger partial charge in [-0.25, -0.2) is 0 Å². The lowest BCUT2D eigenvalue weighted by atomic mass is 10.1. The summed E-state index contributed by atoms with van der Waals surface area (Å²) < 4.78 is 5.72. The van der Waals surface area contributed by atoms with Crippen molar-refractivity contribution in [3.05, 3.63) is 88.7 Å². The fourth-order valence-corrected chi connectivity index (χ4v) is 4.81. The summed E-state index contributed by atoms with van der Waals surface area (Å²) in [6, 6.07) is 16.0. The highest BCUT2D eigenvalue weighted by Crippen LogP contribution is 2.38. The Morgan fingerprint density at radius 3 is 2.65 bits per heavy atom. The maximum atomic E-state index is 13.3. The molecule has 6 nitrogen and oxygen atoms in total. The van der Waals surface area contributed by atoms with Crippen molar-refractivity contribution in [1.82, 2.24) is 14.8 Å². The average Bonchev–Trinajstić information content (AvgIpc) is 2.88. The summed E-state index contributed by atoms with van der Waals surface area (Å²) in [5.74, 6) is 0.732. The van der Waals surface area contributed by atoms with Gasteiger partial charge in [0.05, 0.1) is 17.8 Å². The molecule has 5 rings (SSSR count). The molecular formula is C27H27ClN4O2. The van der Waals surface area contributed by atoms with E-state index >= 15 is 0 Å². The predicted molar refractivity (Wildman–Crippen MR) is 136 cm³/mol. The summed E-state index contributed by atoms with van der Waals surface area (Å²) >= 11 is 6.05. The number of methoxy groups -OCH3 is 1. The first-order valence-electron chi connectivity index (χ1n) is 11.4. The molecule has 3 heterocycles. The fraction of sp³-hybridized carbons (Fsp3) is 0.259. The molecule has 2 aliphatic rings. The molecule has 2 aliphatic heterocycles. The van der Waals surface area contributed by atoms with Crippen LogP contribution < -0.4 is 9.64 Å². The number of benzene rings is 2. The summed E-state index contributed by atoms with van der Waals surface area (Å²) in [5, 5.41) is 0.646. The number of piperazine rings is 1. The molecule has 2 aromatic carbocycles. The van der Waals surface area contributed by atoms with E-state index in [9.17, 15) is 4.79 Å². The molecule has 34 heavy (non-hydrogen) atoms. The van der Waals surface area contributed by atoms with E-state index in [1.807, 2.05) is 47.5 Å². The monoisotopic (exact) mass is 474 g/mol. The van der Waals surface area contributed by atoms with Gasteiger partial charge in [-0.3, -0.25) is 14.7 Å². The van der Waals surface area contributed by atoms with Crippen molar-refractivity contribution in [1.29, 1.82) is 0 Å². The number of carbonyl (C=O) groups is 1. The van der Waals surface area contributed by atoms with Crippen LogP contribution >= 0.6 is 11.6 Å². The lowest BCUT2D eigenvalue weighted by Gasteiger charge is -2.35. The third-order valence-electron chi connectivity index (χ3n) is 6.36. The Bertz CT molecular complexity index is 1220. The van der Waals surface area contributed by atoms with Crippen molar-refractivity contribution in [2.24, 2.45) is 0 Å². The van der Waals surface area contributed by atoms with Crippen LogP contribution in [0.3, 0.4) is 0 Å². The lowest BCUT2D eigenvalue weighted by Crippen LogP contribution is -2.48. The van der Waals surface area contributed by atoms with Crippen molar-refractivity contribution in [2.45, 2.75) is 6.54 Å². The topological polar surface area (TPSA) is 48.9 Å². The molecule has 0 aliphatic carbocycles. The molecule has 7 heteroatoms. The Kier molecular flexibility index (Phi) is 6.52. The number of ether oxygens (including phenoxy) is 1. The largest absolute Gasteiger partial charge is 0.495 e. The van der Waals surface area contributed by atoms with Crippen LogP contribution in [-0.2, 0) is 6.54 Å². The number of pyridine rings is 1. The normalized spacial score (nSPS) is 15.8. The zero-order chi connectivity index (χ0) is 23.5. The molecule has 0 saturated carbocycles. The highest BCUT2D eigenvalue weighted by Gasteiger charge is 2.24. The van der Waals surface area contributed by atoms with Gasteiger partial charge in [-0.15, -0.1) is 0 Å². The van der Waals surface area contributed by atoms with Crippen molar-refractivity contribution < 1.29 is 9.53 Å². The minimum absolute atomic E-state index is 0.0351. The Balaban J connectivity index is 1.28. The van der Waals surface area contributed by atoms with E-state index in [2.05, 4.69) is 39.1 Å². The van der Waals surface area contributed by atoms with Gasteiger partial charge < -0.3 is 14.5 Å². The van der Waals surface area contributed by atoms with Crippen molar-refractivity contribution in [2.75, 3.05) is 44.7 Å². The van der Waals surface area contributed by atoms with Gasteiger partial charge in [-0.1, -0.05) is 42.0 Å². The summed E-state index contributed by atoms with van der Waals surface area (Å²) in [6.45, 7) is 4.52. The van der Waals surface area contributed by atoms with Crippen LogP contribution in [0.1, 0.15) is 21.5 Å². The molecule has 0 spiro atoms. The first kappa shape index (κ1) is 22.4. The summed E-state index contributed by atoms with van der Waals surface area (Å²) in [4.78, 5) is 23.9. The molecule has 174 valence electrons. The van der Waals surface area contributed by atoms with Crippen molar-refractivity contribution >= 4 is 35.0 Å². The molecule has 0 atom stereocenters. The molecule has 3 aromatic rings. The Morgan fingerprint density at radius 1 is 1.03 bits per heavy atom. The highest BCUT2D eigenvalue weighted by molar-refractivity contribution is 6.30. The van der Waals surface area contributed by atoms with E-state index < -0.39 is 0 Å². The van der Waals surface area contributed by atoms with Gasteiger partial charge in [-0.05, 0) is 41.5 Å². The first-order valence-corrected chi connectivity index (χ1v) is 11.8. The number of amides is 1. The molecule has 1 saturated heterocycles. The number of aromatic nitrogens is 1. The SMILES string of the molecule is COc1cc(C(=O)N2CCN(Cc3cncc(Cl)c3)CC2)ccc1N1CC=Cc2ccccc21. The smallest absolute Gasteiger partial charge is 0.254 e. The minimum Gasteiger partial charge on any atom is -0.495 e. The Morgan fingerprint density at radius 2 is 1.85 bits per heavy atom. The summed E-state index contributed by atoms with van der Waals surface area (Å²) in [5.41, 5.74) is 4.99. The average molecular weight is 475 g/mol. The van der Waals surface area contributed by atoms with Gasteiger partial charge in [0.2, 0.25) is 0 Å². The molecule has 0 bridgehead atoms. The molecule has 0 N–H and O–H groups in total. The Hall–Kier alpha value is -3.35. The van der Waals surface area contributed by atoms with E-state index in [-0.39, 0.29) is 5.91 Å². The zero-order valence-electron chi connectivity index (χ0n) is 19.2. The van der Waals surface area contributed by atoms with Crippen LogP contribution in [0.5, 0.6) is 5.75 Å². The molecule has 1 aromatic heterocycles. The summed E-state index contributed by atoms with van der Waals surface area (Å²) in [7, 11) is 1.66. The number of para-hydroxylation sites is 1. The van der Waals surface area contributed by atoms with Gasteiger partial charge in [0.25, 0.3) is 5.91 Å². The standard InChI is InChI=1S/C27H27ClN4O2/c1-34-26-16-22(8-9-25(26)32-10-4-6-21-5-2-3-7-24(21)32)27(33)31-13-11-30(12-14-31)19-20-15-23(28)18-29-17-20/h2-9,15-18H,10-14,19H2,1H3. The second-order valence-corrected chi connectivity index (χ2v) is 8.97. The Labute approximate surface area is 205 Å². The third-order valence-corrected chi connectivity index (χ3v) is 6.56. The summed E-state index contributed by atoms with van der Waals surface area (Å²) in [6.07, 6.45) is 7.76. The van der Waals surface area contributed by atoms with Crippen LogP contribution in [0.25, 0.3) is 6.08 Å². The maximum Gasteiger partial charge on any atom is 0.254 e.